The van der Waals surface area contributed by atoms with Crippen LogP contribution in [0.4, 0.5) is 4.39 Å². The fourth-order valence-corrected chi connectivity index (χ4v) is 1.04. The Morgan fingerprint density at radius 1 is 1.64 bits per heavy atom. The van der Waals surface area contributed by atoms with Gasteiger partial charge in [0.05, 0.1) is 11.2 Å². The van der Waals surface area contributed by atoms with Crippen LogP contribution in [0.2, 0.25) is 5.02 Å². The molecule has 74 valence electrons. The minimum Gasteiger partial charge on any atom is -0.375 e. The van der Waals surface area contributed by atoms with Crippen molar-refractivity contribution in [3.63, 3.8) is 0 Å². The number of thiocarbonyl (C=S) groups is 1. The number of halogens is 2. The molecule has 1 rings (SSSR count). The Labute approximate surface area is 90.7 Å². The largest absolute Gasteiger partial charge is 0.375 e. The van der Waals surface area contributed by atoms with E-state index in [9.17, 15) is 4.39 Å². The molecule has 0 aliphatic carbocycles. The summed E-state index contributed by atoms with van der Waals surface area (Å²) < 4.78 is 12.6. The monoisotopic (exact) mass is 231 g/mol. The van der Waals surface area contributed by atoms with E-state index in [0.29, 0.717) is 5.56 Å². The summed E-state index contributed by atoms with van der Waals surface area (Å²) in [5, 5.41) is 4.01. The topological polar surface area (TPSA) is 50.4 Å². The molecule has 0 bridgehead atoms. The van der Waals surface area contributed by atoms with E-state index in [1.165, 1.54) is 24.4 Å². The van der Waals surface area contributed by atoms with Crippen molar-refractivity contribution in [1.29, 1.82) is 0 Å². The first kappa shape index (κ1) is 10.9. The molecular formula is C8H7ClFN3S. The van der Waals surface area contributed by atoms with Crippen molar-refractivity contribution in [3.05, 3.63) is 34.6 Å². The molecule has 0 aromatic heterocycles. The second-order valence-corrected chi connectivity index (χ2v) is 3.25. The number of nitrogens with zero attached hydrogens (tertiary/aromatic N) is 1. The fourth-order valence-electron chi connectivity index (χ4n) is 0.772. The molecule has 0 unspecified atom stereocenters. The molecule has 0 fully saturated rings. The molecule has 0 saturated heterocycles. The van der Waals surface area contributed by atoms with Crippen molar-refractivity contribution in [3.8, 4) is 0 Å². The lowest BCUT2D eigenvalue weighted by Gasteiger charge is -1.97. The van der Waals surface area contributed by atoms with Gasteiger partial charge in [0, 0.05) is 5.56 Å². The molecule has 0 radical (unpaired) electrons. The Hall–Kier alpha value is -1.20. The molecule has 0 heterocycles. The van der Waals surface area contributed by atoms with Crippen LogP contribution in [0, 0.1) is 5.82 Å². The third-order valence-electron chi connectivity index (χ3n) is 1.34. The predicted molar refractivity (Wildman–Crippen MR) is 58.9 cm³/mol. The van der Waals surface area contributed by atoms with Gasteiger partial charge in [-0.1, -0.05) is 11.6 Å². The molecule has 1 aromatic rings. The third kappa shape index (κ3) is 3.27. The van der Waals surface area contributed by atoms with Crippen LogP contribution in [0.1, 0.15) is 5.56 Å². The number of rotatable bonds is 2. The summed E-state index contributed by atoms with van der Waals surface area (Å²) in [6.45, 7) is 0. The van der Waals surface area contributed by atoms with Crippen molar-refractivity contribution < 1.29 is 4.39 Å². The zero-order valence-electron chi connectivity index (χ0n) is 7.00. The van der Waals surface area contributed by atoms with Gasteiger partial charge in [-0.2, -0.15) is 5.10 Å². The summed E-state index contributed by atoms with van der Waals surface area (Å²) in [6.07, 6.45) is 1.40. The highest BCUT2D eigenvalue weighted by Gasteiger charge is 1.98. The van der Waals surface area contributed by atoms with Gasteiger partial charge in [0.25, 0.3) is 0 Å². The van der Waals surface area contributed by atoms with Gasteiger partial charge in [0.2, 0.25) is 0 Å². The van der Waals surface area contributed by atoms with Crippen LogP contribution in [-0.4, -0.2) is 11.3 Å². The van der Waals surface area contributed by atoms with E-state index in [4.69, 9.17) is 17.3 Å². The van der Waals surface area contributed by atoms with Crippen molar-refractivity contribution in [1.82, 2.24) is 5.43 Å². The minimum absolute atomic E-state index is 0.0551. The maximum absolute atomic E-state index is 12.6. The molecule has 3 nitrogen and oxygen atoms in total. The Morgan fingerprint density at radius 2 is 2.36 bits per heavy atom. The van der Waals surface area contributed by atoms with Gasteiger partial charge in [-0.05, 0) is 30.4 Å². The fraction of sp³-hybridized carbons (Fsp3) is 0. The average Bonchev–Trinajstić information content (AvgIpc) is 2.08. The van der Waals surface area contributed by atoms with Gasteiger partial charge in [0.15, 0.2) is 5.11 Å². The zero-order chi connectivity index (χ0) is 10.6. The van der Waals surface area contributed by atoms with E-state index in [0.717, 1.165) is 0 Å². The summed E-state index contributed by atoms with van der Waals surface area (Å²) in [6, 6.07) is 3.99. The average molecular weight is 232 g/mol. The summed E-state index contributed by atoms with van der Waals surface area (Å²) in [4.78, 5) is 0. The summed E-state index contributed by atoms with van der Waals surface area (Å²) in [5.41, 5.74) is 8.07. The smallest absolute Gasteiger partial charge is 0.184 e. The number of nitrogens with one attached hydrogen (secondary N) is 1. The molecular weight excluding hydrogens is 225 g/mol. The molecule has 0 aliphatic rings. The second-order valence-electron chi connectivity index (χ2n) is 2.40. The molecule has 1 aromatic carbocycles. The van der Waals surface area contributed by atoms with Crippen molar-refractivity contribution in [2.24, 2.45) is 10.8 Å². The highest BCUT2D eigenvalue weighted by Crippen LogP contribution is 2.14. The summed E-state index contributed by atoms with van der Waals surface area (Å²) in [5.74, 6) is -0.394. The zero-order valence-corrected chi connectivity index (χ0v) is 8.57. The molecule has 14 heavy (non-hydrogen) atoms. The molecule has 0 saturated carbocycles. The number of hydrogen-bond donors (Lipinski definition) is 2. The van der Waals surface area contributed by atoms with E-state index < -0.39 is 5.82 Å². The van der Waals surface area contributed by atoms with Gasteiger partial charge in [0.1, 0.15) is 5.82 Å². The lowest BCUT2D eigenvalue weighted by molar-refractivity contribution is 0.628. The Bertz CT molecular complexity index is 381. The van der Waals surface area contributed by atoms with Crippen LogP contribution in [-0.2, 0) is 0 Å². The van der Waals surface area contributed by atoms with E-state index in [1.807, 2.05) is 0 Å². The van der Waals surface area contributed by atoms with Crippen LogP contribution in [0.15, 0.2) is 23.3 Å². The number of nitrogens with two attached hydrogens (primary N) is 1. The third-order valence-corrected chi connectivity index (χ3v) is 1.76. The number of benzene rings is 1. The van der Waals surface area contributed by atoms with Crippen LogP contribution in [0.3, 0.4) is 0 Å². The minimum atomic E-state index is -0.394. The Kier molecular flexibility index (Phi) is 3.79. The van der Waals surface area contributed by atoms with Gasteiger partial charge in [-0.3, -0.25) is 5.43 Å². The van der Waals surface area contributed by atoms with Crippen molar-refractivity contribution in [2.75, 3.05) is 0 Å². The van der Waals surface area contributed by atoms with Crippen LogP contribution >= 0.6 is 23.8 Å². The normalized spacial score (nSPS) is 10.4. The summed E-state index contributed by atoms with van der Waals surface area (Å²) in [7, 11) is 0. The predicted octanol–water partition coefficient (Wildman–Crippen LogP) is 1.65. The SMILES string of the molecule is NC(=S)N/N=C/c1ccc(F)cc1Cl. The van der Waals surface area contributed by atoms with E-state index in [-0.39, 0.29) is 10.1 Å². The first-order chi connectivity index (χ1) is 6.59. The standard InChI is InChI=1S/C8H7ClFN3S/c9-7-3-6(10)2-1-5(7)4-12-13-8(11)14/h1-4H,(H3,11,13,14)/b12-4+. The first-order valence-corrected chi connectivity index (χ1v) is 4.42. The molecule has 0 amide bonds. The van der Waals surface area contributed by atoms with Crippen LogP contribution in [0.25, 0.3) is 0 Å². The summed E-state index contributed by atoms with van der Waals surface area (Å²) >= 11 is 10.2. The molecule has 0 atom stereocenters. The second kappa shape index (κ2) is 4.88. The Morgan fingerprint density at radius 3 is 2.93 bits per heavy atom. The van der Waals surface area contributed by atoms with Gasteiger partial charge >= 0.3 is 0 Å². The molecule has 6 heteroatoms. The van der Waals surface area contributed by atoms with Crippen LogP contribution < -0.4 is 11.2 Å². The lowest BCUT2D eigenvalue weighted by atomic mass is 10.2. The highest BCUT2D eigenvalue weighted by atomic mass is 35.5. The first-order valence-electron chi connectivity index (χ1n) is 3.63. The molecule has 0 spiro atoms. The van der Waals surface area contributed by atoms with Crippen LogP contribution in [0.5, 0.6) is 0 Å². The van der Waals surface area contributed by atoms with E-state index >= 15 is 0 Å². The highest BCUT2D eigenvalue weighted by molar-refractivity contribution is 7.80. The quantitative estimate of drug-likeness (QED) is 0.462. The van der Waals surface area contributed by atoms with Crippen molar-refractivity contribution in [2.45, 2.75) is 0 Å². The Balaban J connectivity index is 2.76. The number of hydrazone groups is 1. The van der Waals surface area contributed by atoms with E-state index in [1.54, 1.807) is 0 Å². The molecule has 3 N–H and O–H groups in total. The van der Waals surface area contributed by atoms with Gasteiger partial charge in [-0.15, -0.1) is 0 Å². The molecule has 0 aliphatic heterocycles. The maximum Gasteiger partial charge on any atom is 0.184 e. The number of hydrogen-bond acceptors (Lipinski definition) is 2. The van der Waals surface area contributed by atoms with Gasteiger partial charge in [-0.25, -0.2) is 4.39 Å². The van der Waals surface area contributed by atoms with Crippen molar-refractivity contribution >= 4 is 35.1 Å². The maximum atomic E-state index is 12.6. The van der Waals surface area contributed by atoms with Gasteiger partial charge < -0.3 is 5.73 Å². The lowest BCUT2D eigenvalue weighted by Crippen LogP contribution is -2.24. The van der Waals surface area contributed by atoms with E-state index in [2.05, 4.69) is 22.7 Å².